The van der Waals surface area contributed by atoms with Crippen LogP contribution in [0.2, 0.25) is 0 Å². The number of ether oxygens (including phenoxy) is 2. The molecule has 0 saturated heterocycles. The van der Waals surface area contributed by atoms with Crippen LogP contribution in [0.4, 0.5) is 0 Å². The van der Waals surface area contributed by atoms with Gasteiger partial charge in [-0.3, -0.25) is 0 Å². The minimum Gasteiger partial charge on any atom is -0.493 e. The van der Waals surface area contributed by atoms with Crippen LogP contribution in [-0.2, 0) is 11.3 Å². The van der Waals surface area contributed by atoms with Gasteiger partial charge in [0.15, 0.2) is 0 Å². The molecule has 1 N–H and O–H groups in total. The first-order valence-corrected chi connectivity index (χ1v) is 8.10. The van der Waals surface area contributed by atoms with Crippen molar-refractivity contribution < 1.29 is 9.47 Å². The molecule has 1 aromatic carbocycles. The fourth-order valence-corrected chi connectivity index (χ4v) is 3.11. The largest absolute Gasteiger partial charge is 0.493 e. The van der Waals surface area contributed by atoms with Gasteiger partial charge < -0.3 is 14.8 Å². The predicted molar refractivity (Wildman–Crippen MR) is 83.7 cm³/mol. The zero-order valence-corrected chi connectivity index (χ0v) is 12.7. The molecule has 1 saturated carbocycles. The molecule has 108 valence electrons. The van der Waals surface area contributed by atoms with Crippen LogP contribution >= 0.6 is 11.3 Å². The number of rotatable bonds is 8. The van der Waals surface area contributed by atoms with E-state index in [4.69, 9.17) is 9.47 Å². The Labute approximate surface area is 123 Å². The van der Waals surface area contributed by atoms with E-state index in [0.29, 0.717) is 6.61 Å². The molecule has 1 aliphatic carbocycles. The van der Waals surface area contributed by atoms with Crippen LogP contribution in [-0.4, -0.2) is 26.4 Å². The second-order valence-corrected chi connectivity index (χ2v) is 6.22. The van der Waals surface area contributed by atoms with E-state index >= 15 is 0 Å². The lowest BCUT2D eigenvalue weighted by molar-refractivity contribution is 0.172. The molecule has 1 aromatic heterocycles. The maximum Gasteiger partial charge on any atom is 0.128 e. The molecule has 3 nitrogen and oxygen atoms in total. The summed E-state index contributed by atoms with van der Waals surface area (Å²) in [6.07, 6.45) is 3.57. The molecule has 2 aromatic rings. The highest BCUT2D eigenvalue weighted by Gasteiger charge is 2.20. The minimum absolute atomic E-state index is 0.707. The molecule has 0 unspecified atom stereocenters. The van der Waals surface area contributed by atoms with Gasteiger partial charge in [-0.2, -0.15) is 0 Å². The summed E-state index contributed by atoms with van der Waals surface area (Å²) in [6.45, 7) is 2.39. The van der Waals surface area contributed by atoms with Crippen LogP contribution in [0.25, 0.3) is 10.1 Å². The Kier molecular flexibility index (Phi) is 4.55. The van der Waals surface area contributed by atoms with Gasteiger partial charge in [-0.15, -0.1) is 11.3 Å². The summed E-state index contributed by atoms with van der Waals surface area (Å²) in [4.78, 5) is 0. The molecule has 1 fully saturated rings. The van der Waals surface area contributed by atoms with Crippen molar-refractivity contribution in [3.8, 4) is 5.75 Å². The van der Waals surface area contributed by atoms with Gasteiger partial charge in [-0.25, -0.2) is 0 Å². The molecule has 0 amide bonds. The Morgan fingerprint density at radius 3 is 3.00 bits per heavy atom. The molecule has 1 aliphatic rings. The molecule has 0 atom stereocenters. The summed E-state index contributed by atoms with van der Waals surface area (Å²) >= 11 is 1.78. The smallest absolute Gasteiger partial charge is 0.128 e. The molecule has 0 bridgehead atoms. The van der Waals surface area contributed by atoms with E-state index < -0.39 is 0 Å². The minimum atomic E-state index is 0.707. The number of hydrogen-bond donors (Lipinski definition) is 1. The number of hydrogen-bond acceptors (Lipinski definition) is 4. The van der Waals surface area contributed by atoms with Crippen LogP contribution in [0.3, 0.4) is 0 Å². The lowest BCUT2D eigenvalue weighted by Gasteiger charge is -2.10. The van der Waals surface area contributed by atoms with Crippen LogP contribution in [0.15, 0.2) is 23.6 Å². The van der Waals surface area contributed by atoms with Gasteiger partial charge >= 0.3 is 0 Å². The van der Waals surface area contributed by atoms with E-state index in [1.807, 2.05) is 0 Å². The highest BCUT2D eigenvalue weighted by Crippen LogP contribution is 2.32. The van der Waals surface area contributed by atoms with Crippen molar-refractivity contribution in [2.24, 2.45) is 0 Å². The molecule has 0 spiro atoms. The van der Waals surface area contributed by atoms with Crippen LogP contribution in [0.1, 0.15) is 24.8 Å². The zero-order chi connectivity index (χ0) is 13.8. The predicted octanol–water partition coefficient (Wildman–Crippen LogP) is 3.57. The number of methoxy groups -OCH3 is 1. The lowest BCUT2D eigenvalue weighted by atomic mass is 10.1. The fraction of sp³-hybridized carbons (Fsp3) is 0.500. The average molecular weight is 291 g/mol. The van der Waals surface area contributed by atoms with E-state index in [0.717, 1.165) is 31.4 Å². The highest BCUT2D eigenvalue weighted by atomic mass is 32.1. The second kappa shape index (κ2) is 6.57. The van der Waals surface area contributed by atoms with Crippen molar-refractivity contribution >= 4 is 21.4 Å². The van der Waals surface area contributed by atoms with Crippen molar-refractivity contribution in [2.75, 3.05) is 20.3 Å². The number of thiophene rings is 1. The van der Waals surface area contributed by atoms with Gasteiger partial charge in [-0.1, -0.05) is 0 Å². The third-order valence-corrected chi connectivity index (χ3v) is 4.38. The highest BCUT2D eigenvalue weighted by molar-refractivity contribution is 7.17. The van der Waals surface area contributed by atoms with Gasteiger partial charge in [-0.05, 0) is 42.0 Å². The van der Waals surface area contributed by atoms with E-state index in [9.17, 15) is 0 Å². The van der Waals surface area contributed by atoms with Gasteiger partial charge in [0, 0.05) is 42.8 Å². The summed E-state index contributed by atoms with van der Waals surface area (Å²) < 4.78 is 12.3. The quantitative estimate of drug-likeness (QED) is 0.754. The van der Waals surface area contributed by atoms with Crippen molar-refractivity contribution in [3.05, 3.63) is 29.1 Å². The summed E-state index contributed by atoms with van der Waals surface area (Å²) in [5.41, 5.74) is 1.31. The normalized spacial score (nSPS) is 14.8. The van der Waals surface area contributed by atoms with E-state index in [2.05, 4.69) is 28.9 Å². The molecule has 0 aliphatic heterocycles. The summed E-state index contributed by atoms with van der Waals surface area (Å²) in [7, 11) is 1.72. The SMILES string of the molecule is COCCCOc1cc(CNC2CC2)cc2sccc12. The Morgan fingerprint density at radius 2 is 2.20 bits per heavy atom. The lowest BCUT2D eigenvalue weighted by Crippen LogP contribution is -2.15. The topological polar surface area (TPSA) is 30.5 Å². The molecular weight excluding hydrogens is 270 g/mol. The monoisotopic (exact) mass is 291 g/mol. The van der Waals surface area contributed by atoms with E-state index in [1.165, 1.54) is 28.5 Å². The Morgan fingerprint density at radius 1 is 1.30 bits per heavy atom. The van der Waals surface area contributed by atoms with E-state index in [1.54, 1.807) is 18.4 Å². The maximum absolute atomic E-state index is 5.94. The molecule has 3 rings (SSSR count). The van der Waals surface area contributed by atoms with Gasteiger partial charge in [0.2, 0.25) is 0 Å². The van der Waals surface area contributed by atoms with Crippen LogP contribution in [0.5, 0.6) is 5.75 Å². The second-order valence-electron chi connectivity index (χ2n) is 5.28. The summed E-state index contributed by atoms with van der Waals surface area (Å²) in [6, 6.07) is 7.33. The van der Waals surface area contributed by atoms with Gasteiger partial charge in [0.05, 0.1) is 6.61 Å². The number of nitrogens with one attached hydrogen (secondary N) is 1. The van der Waals surface area contributed by atoms with Crippen LogP contribution in [0, 0.1) is 0 Å². The first-order chi connectivity index (χ1) is 9.86. The summed E-state index contributed by atoms with van der Waals surface area (Å²) in [5, 5.41) is 6.92. The molecule has 20 heavy (non-hydrogen) atoms. The Balaban J connectivity index is 1.71. The zero-order valence-electron chi connectivity index (χ0n) is 11.9. The van der Waals surface area contributed by atoms with Crippen molar-refractivity contribution in [1.29, 1.82) is 0 Å². The molecule has 1 heterocycles. The first-order valence-electron chi connectivity index (χ1n) is 7.22. The molecule has 0 radical (unpaired) electrons. The van der Waals surface area contributed by atoms with Gasteiger partial charge in [0.25, 0.3) is 0 Å². The van der Waals surface area contributed by atoms with E-state index in [-0.39, 0.29) is 0 Å². The number of fused-ring (bicyclic) bond motifs is 1. The van der Waals surface area contributed by atoms with Crippen molar-refractivity contribution in [2.45, 2.75) is 31.8 Å². The summed E-state index contributed by atoms with van der Waals surface area (Å²) in [5.74, 6) is 1.01. The van der Waals surface area contributed by atoms with Crippen LogP contribution < -0.4 is 10.1 Å². The fourth-order valence-electron chi connectivity index (χ4n) is 2.25. The third-order valence-electron chi connectivity index (χ3n) is 3.52. The Hall–Kier alpha value is -1.10. The molecule has 4 heteroatoms. The first kappa shape index (κ1) is 13.9. The number of benzene rings is 1. The van der Waals surface area contributed by atoms with Crippen molar-refractivity contribution in [3.63, 3.8) is 0 Å². The standard InChI is InChI=1S/C16H21NO2S/c1-18-6-2-7-19-15-9-12(11-17-13-3-4-13)10-16-14(15)5-8-20-16/h5,8-10,13,17H,2-4,6-7,11H2,1H3. The Bertz CT molecular complexity index is 563. The molecular formula is C16H21NO2S. The average Bonchev–Trinajstić information content (AvgIpc) is 3.17. The third kappa shape index (κ3) is 3.51. The van der Waals surface area contributed by atoms with Crippen molar-refractivity contribution in [1.82, 2.24) is 5.32 Å². The maximum atomic E-state index is 5.94. The van der Waals surface area contributed by atoms with Gasteiger partial charge in [0.1, 0.15) is 5.75 Å².